The molecule has 31 heavy (non-hydrogen) atoms. The lowest BCUT2D eigenvalue weighted by Crippen LogP contribution is -2.55. The predicted octanol–water partition coefficient (Wildman–Crippen LogP) is 4.81. The minimum absolute atomic E-state index is 0.164. The third kappa shape index (κ3) is 4.07. The molecule has 1 saturated heterocycles. The number of amides is 1. The van der Waals surface area contributed by atoms with E-state index in [4.69, 9.17) is 4.74 Å². The summed E-state index contributed by atoms with van der Waals surface area (Å²) in [6.07, 6.45) is 5.65. The van der Waals surface area contributed by atoms with Crippen molar-refractivity contribution >= 4 is 23.4 Å². The number of benzene rings is 2. The van der Waals surface area contributed by atoms with E-state index in [1.54, 1.807) is 18.3 Å². The zero-order valence-corrected chi connectivity index (χ0v) is 17.6. The average Bonchev–Trinajstić information content (AvgIpc) is 3.12. The first-order valence-electron chi connectivity index (χ1n) is 10.0. The van der Waals surface area contributed by atoms with Gasteiger partial charge in [0.1, 0.15) is 17.1 Å². The standard InChI is InChI=1S/C25H24FN3O2/c1-17(2)23(14-29-13-12-27-18(29)3)19-4-6-20(7-5-19)25(15-31-16-25)24(30)28-22-10-8-21(26)9-11-22/h4-14H,1,15-16H2,2-3H3,(H,28,30)/b23-14+. The van der Waals surface area contributed by atoms with E-state index >= 15 is 0 Å². The molecule has 0 aliphatic carbocycles. The molecule has 1 aliphatic rings. The van der Waals surface area contributed by atoms with Crippen LogP contribution in [0.15, 0.2) is 73.1 Å². The zero-order valence-electron chi connectivity index (χ0n) is 17.6. The van der Waals surface area contributed by atoms with Crippen LogP contribution in [0.5, 0.6) is 0 Å². The quantitative estimate of drug-likeness (QED) is 0.586. The van der Waals surface area contributed by atoms with Crippen LogP contribution in [0, 0.1) is 12.7 Å². The van der Waals surface area contributed by atoms with Gasteiger partial charge in [-0.15, -0.1) is 0 Å². The van der Waals surface area contributed by atoms with Crippen molar-refractivity contribution in [3.05, 3.63) is 95.8 Å². The van der Waals surface area contributed by atoms with Gasteiger partial charge in [-0.05, 0) is 54.8 Å². The number of allylic oxidation sites excluding steroid dienone is 2. The first kappa shape index (κ1) is 20.8. The summed E-state index contributed by atoms with van der Waals surface area (Å²) in [6, 6.07) is 13.6. The maximum atomic E-state index is 13.2. The fraction of sp³-hybridized carbons (Fsp3) is 0.200. The fourth-order valence-electron chi connectivity index (χ4n) is 3.58. The van der Waals surface area contributed by atoms with Crippen molar-refractivity contribution in [1.29, 1.82) is 0 Å². The molecule has 158 valence electrons. The van der Waals surface area contributed by atoms with Gasteiger partial charge in [-0.2, -0.15) is 0 Å². The largest absolute Gasteiger partial charge is 0.378 e. The Morgan fingerprint density at radius 3 is 2.39 bits per heavy atom. The second-order valence-electron chi connectivity index (χ2n) is 7.82. The Balaban J connectivity index is 1.60. The van der Waals surface area contributed by atoms with Crippen molar-refractivity contribution in [3.63, 3.8) is 0 Å². The van der Waals surface area contributed by atoms with Crippen LogP contribution >= 0.6 is 0 Å². The number of carbonyl (C=O) groups excluding carboxylic acids is 1. The molecule has 3 aromatic rings. The number of halogens is 1. The van der Waals surface area contributed by atoms with Crippen LogP contribution in [0.25, 0.3) is 11.8 Å². The molecule has 2 heterocycles. The summed E-state index contributed by atoms with van der Waals surface area (Å²) in [5, 5.41) is 2.88. The molecular formula is C25H24FN3O2. The molecule has 6 heteroatoms. The monoisotopic (exact) mass is 417 g/mol. The Hall–Kier alpha value is -3.51. The highest BCUT2D eigenvalue weighted by Crippen LogP contribution is 2.35. The van der Waals surface area contributed by atoms with Crippen LogP contribution in [-0.2, 0) is 14.9 Å². The summed E-state index contributed by atoms with van der Waals surface area (Å²) >= 11 is 0. The minimum Gasteiger partial charge on any atom is -0.378 e. The molecule has 1 aromatic heterocycles. The van der Waals surface area contributed by atoms with E-state index in [2.05, 4.69) is 16.9 Å². The van der Waals surface area contributed by atoms with Crippen molar-refractivity contribution in [3.8, 4) is 0 Å². The molecule has 1 amide bonds. The molecule has 5 nitrogen and oxygen atoms in total. The molecule has 1 N–H and O–H groups in total. The third-order valence-electron chi connectivity index (χ3n) is 5.57. The molecule has 0 radical (unpaired) electrons. The number of hydrogen-bond acceptors (Lipinski definition) is 3. The topological polar surface area (TPSA) is 56.2 Å². The van der Waals surface area contributed by atoms with Crippen LogP contribution in [0.4, 0.5) is 10.1 Å². The number of aryl methyl sites for hydroxylation is 1. The highest BCUT2D eigenvalue weighted by molar-refractivity contribution is 6.00. The molecular weight excluding hydrogens is 393 g/mol. The maximum absolute atomic E-state index is 13.2. The fourth-order valence-corrected chi connectivity index (χ4v) is 3.58. The molecule has 0 saturated carbocycles. The maximum Gasteiger partial charge on any atom is 0.239 e. The molecule has 0 spiro atoms. The highest BCUT2D eigenvalue weighted by Gasteiger charge is 2.47. The lowest BCUT2D eigenvalue weighted by atomic mass is 9.77. The number of hydrogen-bond donors (Lipinski definition) is 1. The van der Waals surface area contributed by atoms with E-state index in [0.717, 1.165) is 28.1 Å². The number of carbonyl (C=O) groups is 1. The van der Waals surface area contributed by atoms with Gasteiger partial charge < -0.3 is 14.6 Å². The number of aromatic nitrogens is 2. The van der Waals surface area contributed by atoms with Gasteiger partial charge in [0.25, 0.3) is 0 Å². The summed E-state index contributed by atoms with van der Waals surface area (Å²) < 4.78 is 20.5. The van der Waals surface area contributed by atoms with Crippen LogP contribution in [-0.4, -0.2) is 28.7 Å². The number of imidazole rings is 1. The van der Waals surface area contributed by atoms with Crippen molar-refractivity contribution in [2.75, 3.05) is 18.5 Å². The molecule has 0 unspecified atom stereocenters. The van der Waals surface area contributed by atoms with Gasteiger partial charge in [-0.3, -0.25) is 4.79 Å². The number of nitrogens with one attached hydrogen (secondary N) is 1. The Morgan fingerprint density at radius 2 is 1.87 bits per heavy atom. The van der Waals surface area contributed by atoms with Crippen LogP contribution in [0.2, 0.25) is 0 Å². The van der Waals surface area contributed by atoms with Crippen molar-refractivity contribution in [2.45, 2.75) is 19.3 Å². The normalized spacial score (nSPS) is 15.3. The van der Waals surface area contributed by atoms with Gasteiger partial charge in [-0.1, -0.05) is 30.8 Å². The van der Waals surface area contributed by atoms with Crippen molar-refractivity contribution in [2.24, 2.45) is 0 Å². The van der Waals surface area contributed by atoms with Gasteiger partial charge in [0.15, 0.2) is 0 Å². The second-order valence-corrected chi connectivity index (χ2v) is 7.82. The molecule has 0 bridgehead atoms. The molecule has 2 aromatic carbocycles. The minimum atomic E-state index is -0.763. The van der Waals surface area contributed by atoms with Crippen molar-refractivity contribution < 1.29 is 13.9 Å². The number of nitrogens with zero attached hydrogens (tertiary/aromatic N) is 2. The molecule has 1 fully saturated rings. The number of ether oxygens (including phenoxy) is 1. The van der Waals surface area contributed by atoms with Gasteiger partial charge in [0, 0.05) is 29.9 Å². The Morgan fingerprint density at radius 1 is 1.19 bits per heavy atom. The van der Waals surface area contributed by atoms with E-state index < -0.39 is 5.41 Å². The van der Waals surface area contributed by atoms with Crippen molar-refractivity contribution in [1.82, 2.24) is 9.55 Å². The van der Waals surface area contributed by atoms with E-state index in [1.807, 2.05) is 55.1 Å². The van der Waals surface area contributed by atoms with Crippen LogP contribution < -0.4 is 5.32 Å². The Kier molecular flexibility index (Phi) is 5.57. The Labute approximate surface area is 180 Å². The third-order valence-corrected chi connectivity index (χ3v) is 5.57. The molecule has 0 atom stereocenters. The SMILES string of the molecule is C=C(C)/C(=C\n1ccnc1C)c1ccc(C2(C(=O)Nc3ccc(F)cc3)COC2)cc1. The molecule has 1 aliphatic heterocycles. The summed E-state index contributed by atoms with van der Waals surface area (Å²) in [4.78, 5) is 17.3. The van der Waals surface area contributed by atoms with E-state index in [1.165, 1.54) is 12.1 Å². The second kappa shape index (κ2) is 8.32. The summed E-state index contributed by atoms with van der Waals surface area (Å²) in [5.41, 5.74) is 3.58. The molecule has 4 rings (SSSR count). The van der Waals surface area contributed by atoms with E-state index in [9.17, 15) is 9.18 Å². The zero-order chi connectivity index (χ0) is 22.0. The van der Waals surface area contributed by atoms with Gasteiger partial charge in [0.2, 0.25) is 5.91 Å². The number of anilines is 1. The lowest BCUT2D eigenvalue weighted by molar-refractivity contribution is -0.139. The smallest absolute Gasteiger partial charge is 0.239 e. The van der Waals surface area contributed by atoms with E-state index in [0.29, 0.717) is 18.9 Å². The van der Waals surface area contributed by atoms with Gasteiger partial charge >= 0.3 is 0 Å². The first-order valence-corrected chi connectivity index (χ1v) is 10.0. The highest BCUT2D eigenvalue weighted by atomic mass is 19.1. The summed E-state index contributed by atoms with van der Waals surface area (Å²) in [7, 11) is 0. The predicted molar refractivity (Wildman–Crippen MR) is 120 cm³/mol. The van der Waals surface area contributed by atoms with Crippen LogP contribution in [0.1, 0.15) is 23.9 Å². The first-order chi connectivity index (χ1) is 14.9. The summed E-state index contributed by atoms with van der Waals surface area (Å²) in [5.74, 6) is 0.378. The number of rotatable bonds is 6. The average molecular weight is 417 g/mol. The van der Waals surface area contributed by atoms with Gasteiger partial charge in [-0.25, -0.2) is 9.37 Å². The van der Waals surface area contributed by atoms with Crippen LogP contribution in [0.3, 0.4) is 0 Å². The Bertz CT molecular complexity index is 1140. The summed E-state index contributed by atoms with van der Waals surface area (Å²) in [6.45, 7) is 8.62. The lowest BCUT2D eigenvalue weighted by Gasteiger charge is -2.40. The van der Waals surface area contributed by atoms with E-state index in [-0.39, 0.29) is 11.7 Å². The van der Waals surface area contributed by atoms with Gasteiger partial charge in [0.05, 0.1) is 13.2 Å².